The van der Waals surface area contributed by atoms with Gasteiger partial charge in [-0.05, 0) is 32.5 Å². The summed E-state index contributed by atoms with van der Waals surface area (Å²) in [6.07, 6.45) is 3.08. The van der Waals surface area contributed by atoms with E-state index in [1.165, 1.54) is 0 Å². The summed E-state index contributed by atoms with van der Waals surface area (Å²) in [5.41, 5.74) is 0. The molecule has 0 aromatic rings. The molecule has 0 saturated heterocycles. The SMILES string of the molecule is C=CC(=O)C(CCCCNC)C(=O)O. The predicted molar refractivity (Wildman–Crippen MR) is 54.1 cm³/mol. The van der Waals surface area contributed by atoms with Gasteiger partial charge in [0.25, 0.3) is 0 Å². The number of ketones is 1. The normalized spacial score (nSPS) is 12.1. The molecular weight excluding hydrogens is 182 g/mol. The number of carboxylic acid groups (broad SMARTS) is 1. The van der Waals surface area contributed by atoms with E-state index < -0.39 is 17.7 Å². The maximum absolute atomic E-state index is 11.1. The van der Waals surface area contributed by atoms with Gasteiger partial charge < -0.3 is 10.4 Å². The second kappa shape index (κ2) is 7.26. The molecule has 0 rings (SSSR count). The number of nitrogens with one attached hydrogen (secondary N) is 1. The number of allylic oxidation sites excluding steroid dienone is 1. The van der Waals surface area contributed by atoms with Gasteiger partial charge in [0.2, 0.25) is 0 Å². The summed E-state index contributed by atoms with van der Waals surface area (Å²) in [5, 5.41) is 11.7. The third-order valence-electron chi connectivity index (χ3n) is 2.01. The zero-order valence-electron chi connectivity index (χ0n) is 8.45. The minimum absolute atomic E-state index is 0.391. The third-order valence-corrected chi connectivity index (χ3v) is 2.01. The van der Waals surface area contributed by atoms with E-state index in [0.29, 0.717) is 6.42 Å². The number of carboxylic acids is 1. The fraction of sp³-hybridized carbons (Fsp3) is 0.600. The van der Waals surface area contributed by atoms with E-state index in [1.807, 2.05) is 7.05 Å². The molecule has 0 amide bonds. The first-order chi connectivity index (χ1) is 6.63. The van der Waals surface area contributed by atoms with Crippen molar-refractivity contribution >= 4 is 11.8 Å². The summed E-state index contributed by atoms with van der Waals surface area (Å²) in [6, 6.07) is 0. The lowest BCUT2D eigenvalue weighted by molar-refractivity contribution is -0.145. The van der Waals surface area contributed by atoms with Crippen molar-refractivity contribution < 1.29 is 14.7 Å². The Balaban J connectivity index is 3.92. The maximum Gasteiger partial charge on any atom is 0.314 e. The second-order valence-electron chi connectivity index (χ2n) is 3.10. The first kappa shape index (κ1) is 12.8. The van der Waals surface area contributed by atoms with Crippen LogP contribution < -0.4 is 5.32 Å². The Hall–Kier alpha value is -1.16. The lowest BCUT2D eigenvalue weighted by Crippen LogP contribution is -2.22. The van der Waals surface area contributed by atoms with Crippen molar-refractivity contribution in [2.75, 3.05) is 13.6 Å². The molecule has 0 aromatic carbocycles. The summed E-state index contributed by atoms with van der Waals surface area (Å²) in [7, 11) is 1.84. The van der Waals surface area contributed by atoms with Crippen molar-refractivity contribution in [1.82, 2.24) is 5.32 Å². The molecular formula is C10H17NO3. The van der Waals surface area contributed by atoms with Gasteiger partial charge in [0.15, 0.2) is 5.78 Å². The van der Waals surface area contributed by atoms with Crippen LogP contribution >= 0.6 is 0 Å². The van der Waals surface area contributed by atoms with Crippen LogP contribution in [0.3, 0.4) is 0 Å². The Bertz CT molecular complexity index is 213. The summed E-state index contributed by atoms with van der Waals surface area (Å²) in [5.74, 6) is -2.37. The summed E-state index contributed by atoms with van der Waals surface area (Å²) < 4.78 is 0. The van der Waals surface area contributed by atoms with Gasteiger partial charge in [-0.15, -0.1) is 0 Å². The topological polar surface area (TPSA) is 66.4 Å². The summed E-state index contributed by atoms with van der Waals surface area (Å²) >= 11 is 0. The average molecular weight is 199 g/mol. The van der Waals surface area contributed by atoms with E-state index in [1.54, 1.807) is 0 Å². The van der Waals surface area contributed by atoms with Crippen LogP contribution in [0.2, 0.25) is 0 Å². The van der Waals surface area contributed by atoms with Gasteiger partial charge in [-0.2, -0.15) is 0 Å². The van der Waals surface area contributed by atoms with Crippen molar-refractivity contribution in [2.45, 2.75) is 19.3 Å². The fourth-order valence-corrected chi connectivity index (χ4v) is 1.18. The van der Waals surface area contributed by atoms with Gasteiger partial charge in [-0.3, -0.25) is 9.59 Å². The van der Waals surface area contributed by atoms with E-state index in [4.69, 9.17) is 5.11 Å². The first-order valence-corrected chi connectivity index (χ1v) is 4.67. The standard InChI is InChI=1S/C10H17NO3/c1-3-9(12)8(10(13)14)6-4-5-7-11-2/h3,8,11H,1,4-7H2,2H3,(H,13,14). The Morgan fingerprint density at radius 3 is 2.57 bits per heavy atom. The number of carbonyl (C=O) groups is 2. The Morgan fingerprint density at radius 2 is 2.14 bits per heavy atom. The molecule has 14 heavy (non-hydrogen) atoms. The van der Waals surface area contributed by atoms with E-state index >= 15 is 0 Å². The maximum atomic E-state index is 11.1. The van der Waals surface area contributed by atoms with Crippen molar-refractivity contribution in [3.05, 3.63) is 12.7 Å². The molecule has 0 bridgehead atoms. The fourth-order valence-electron chi connectivity index (χ4n) is 1.18. The van der Waals surface area contributed by atoms with Gasteiger partial charge in [0.05, 0.1) is 0 Å². The zero-order chi connectivity index (χ0) is 11.0. The molecule has 0 spiro atoms. The molecule has 0 radical (unpaired) electrons. The zero-order valence-corrected chi connectivity index (χ0v) is 8.45. The van der Waals surface area contributed by atoms with Gasteiger partial charge in [-0.1, -0.05) is 13.0 Å². The van der Waals surface area contributed by atoms with Crippen LogP contribution in [-0.4, -0.2) is 30.5 Å². The number of carbonyl (C=O) groups excluding carboxylic acids is 1. The van der Waals surface area contributed by atoms with Crippen molar-refractivity contribution in [1.29, 1.82) is 0 Å². The van der Waals surface area contributed by atoms with Crippen LogP contribution in [0.25, 0.3) is 0 Å². The summed E-state index contributed by atoms with van der Waals surface area (Å²) in [6.45, 7) is 4.12. The Morgan fingerprint density at radius 1 is 1.50 bits per heavy atom. The monoisotopic (exact) mass is 199 g/mol. The molecule has 2 N–H and O–H groups in total. The first-order valence-electron chi connectivity index (χ1n) is 4.67. The molecule has 0 aliphatic carbocycles. The number of aliphatic carboxylic acids is 1. The highest BCUT2D eigenvalue weighted by Crippen LogP contribution is 2.10. The molecule has 1 unspecified atom stereocenters. The lowest BCUT2D eigenvalue weighted by Gasteiger charge is -2.07. The molecule has 4 heteroatoms. The second-order valence-corrected chi connectivity index (χ2v) is 3.10. The van der Waals surface area contributed by atoms with Crippen LogP contribution in [0.15, 0.2) is 12.7 Å². The summed E-state index contributed by atoms with van der Waals surface area (Å²) in [4.78, 5) is 21.8. The van der Waals surface area contributed by atoms with Crippen LogP contribution in [0, 0.1) is 5.92 Å². The molecule has 0 saturated carbocycles. The molecule has 0 aromatic heterocycles. The smallest absolute Gasteiger partial charge is 0.314 e. The van der Waals surface area contributed by atoms with Gasteiger partial charge in [0, 0.05) is 0 Å². The minimum atomic E-state index is -1.06. The van der Waals surface area contributed by atoms with Crippen LogP contribution in [0.5, 0.6) is 0 Å². The van der Waals surface area contributed by atoms with Crippen LogP contribution in [0.1, 0.15) is 19.3 Å². The van der Waals surface area contributed by atoms with Crippen molar-refractivity contribution in [2.24, 2.45) is 5.92 Å². The number of hydrogen-bond acceptors (Lipinski definition) is 3. The van der Waals surface area contributed by atoms with Gasteiger partial charge in [-0.25, -0.2) is 0 Å². The Kier molecular flexibility index (Phi) is 6.66. The van der Waals surface area contributed by atoms with Gasteiger partial charge in [0.1, 0.15) is 5.92 Å². The molecule has 0 aliphatic heterocycles. The van der Waals surface area contributed by atoms with Gasteiger partial charge >= 0.3 is 5.97 Å². The molecule has 0 fully saturated rings. The van der Waals surface area contributed by atoms with E-state index in [9.17, 15) is 9.59 Å². The quantitative estimate of drug-likeness (QED) is 0.345. The number of unbranched alkanes of at least 4 members (excludes halogenated alkanes) is 1. The van der Waals surface area contributed by atoms with Crippen LogP contribution in [0.4, 0.5) is 0 Å². The van der Waals surface area contributed by atoms with Crippen molar-refractivity contribution in [3.63, 3.8) is 0 Å². The van der Waals surface area contributed by atoms with Crippen molar-refractivity contribution in [3.8, 4) is 0 Å². The number of hydrogen-bond donors (Lipinski definition) is 2. The highest BCUT2D eigenvalue weighted by Gasteiger charge is 2.22. The van der Waals surface area contributed by atoms with Crippen LogP contribution in [-0.2, 0) is 9.59 Å². The number of rotatable bonds is 8. The largest absolute Gasteiger partial charge is 0.481 e. The molecule has 0 heterocycles. The predicted octanol–water partition coefficient (Wildman–Crippen LogP) is 0.832. The molecule has 1 atom stereocenters. The lowest BCUT2D eigenvalue weighted by atomic mass is 9.97. The van der Waals surface area contributed by atoms with E-state index in [0.717, 1.165) is 25.5 Å². The third kappa shape index (κ3) is 4.77. The highest BCUT2D eigenvalue weighted by atomic mass is 16.4. The average Bonchev–Trinajstić information content (AvgIpc) is 2.16. The Labute approximate surface area is 84.0 Å². The minimum Gasteiger partial charge on any atom is -0.481 e. The molecule has 0 aliphatic rings. The highest BCUT2D eigenvalue weighted by molar-refractivity contribution is 6.03. The molecule has 4 nitrogen and oxygen atoms in total. The van der Waals surface area contributed by atoms with E-state index in [2.05, 4.69) is 11.9 Å². The molecule has 80 valence electrons. The van der Waals surface area contributed by atoms with E-state index in [-0.39, 0.29) is 0 Å².